The Morgan fingerprint density at radius 1 is 1.47 bits per heavy atom. The van der Waals surface area contributed by atoms with Gasteiger partial charge in [0.05, 0.1) is 12.6 Å². The van der Waals surface area contributed by atoms with Crippen LogP contribution in [0.3, 0.4) is 0 Å². The summed E-state index contributed by atoms with van der Waals surface area (Å²) in [6.07, 6.45) is 0.931. The van der Waals surface area contributed by atoms with E-state index in [1.54, 1.807) is 27.7 Å². The Labute approximate surface area is 93.2 Å². The molecule has 0 radical (unpaired) electrons. The first-order valence-electron chi connectivity index (χ1n) is 4.67. The molecule has 1 amide bonds. The van der Waals surface area contributed by atoms with Crippen molar-refractivity contribution in [1.29, 1.82) is 0 Å². The predicted molar refractivity (Wildman–Crippen MR) is 58.9 cm³/mol. The van der Waals surface area contributed by atoms with Gasteiger partial charge in [-0.3, -0.25) is 4.18 Å². The first-order valence-corrected chi connectivity index (χ1v) is 6.15. The van der Waals surface area contributed by atoms with E-state index < -0.39 is 22.8 Å². The van der Waals surface area contributed by atoms with Gasteiger partial charge in [-0.05, 0) is 27.7 Å². The van der Waals surface area contributed by atoms with Crippen LogP contribution >= 0.6 is 0 Å². The van der Waals surface area contributed by atoms with E-state index in [2.05, 4.69) is 5.32 Å². The van der Waals surface area contributed by atoms with Crippen LogP contribution < -0.4 is 5.32 Å². The number of nitrogens with one attached hydrogen (secondary N) is 1. The molecule has 0 saturated carbocycles. The Morgan fingerprint density at radius 2 is 2.00 bits per heavy atom. The highest BCUT2D eigenvalue weighted by Gasteiger charge is 2.17. The number of ether oxygens (including phenoxy) is 1. The lowest BCUT2D eigenvalue weighted by atomic mass is 10.2. The van der Waals surface area contributed by atoms with Gasteiger partial charge < -0.3 is 10.1 Å². The molecule has 2 atom stereocenters. The highest BCUT2D eigenvalue weighted by molar-refractivity contribution is 7.79. The van der Waals surface area contributed by atoms with Crippen molar-refractivity contribution in [1.82, 2.24) is 5.32 Å². The Kier molecular flexibility index (Phi) is 5.82. The third kappa shape index (κ3) is 9.68. The van der Waals surface area contributed by atoms with Gasteiger partial charge in [-0.1, -0.05) is 0 Å². The Hall–Kier alpha value is -0.620. The molecule has 2 unspecified atom stereocenters. The van der Waals surface area contributed by atoms with Gasteiger partial charge in [0.25, 0.3) is 0 Å². The molecule has 0 rings (SSSR count). The van der Waals surface area contributed by atoms with Crippen molar-refractivity contribution in [3.63, 3.8) is 0 Å². The summed E-state index contributed by atoms with van der Waals surface area (Å²) in [6, 6.07) is -0.233. The van der Waals surface area contributed by atoms with Gasteiger partial charge >= 0.3 is 6.09 Å². The molecule has 5 nitrogen and oxygen atoms in total. The third-order valence-corrected chi connectivity index (χ3v) is 1.72. The molecule has 1 N–H and O–H groups in total. The molecule has 0 spiro atoms. The minimum Gasteiger partial charge on any atom is -0.444 e. The standard InChI is InChI=1S/C9H19NO4S/c1-7(6-13-15(5)12)10-8(11)14-9(2,3)4/h7H,6H2,1-5H3,(H,10,11). The molecule has 0 saturated heterocycles. The summed E-state index contributed by atoms with van der Waals surface area (Å²) in [7, 11) is 0. The van der Waals surface area contributed by atoms with Crippen LogP contribution in [0.2, 0.25) is 0 Å². The number of hydrogen-bond acceptors (Lipinski definition) is 4. The second-order valence-corrected chi connectivity index (χ2v) is 5.27. The molecule has 0 aliphatic carbocycles. The fourth-order valence-corrected chi connectivity index (χ4v) is 1.14. The third-order valence-electron chi connectivity index (χ3n) is 1.25. The van der Waals surface area contributed by atoms with Crippen LogP contribution in [0.5, 0.6) is 0 Å². The lowest BCUT2D eigenvalue weighted by molar-refractivity contribution is 0.0495. The quantitative estimate of drug-likeness (QED) is 0.798. The molecule has 6 heteroatoms. The van der Waals surface area contributed by atoms with E-state index in [0.29, 0.717) is 0 Å². The normalized spacial score (nSPS) is 15.5. The summed E-state index contributed by atoms with van der Waals surface area (Å²) >= 11 is -1.31. The number of amides is 1. The number of carbonyl (C=O) groups is 1. The topological polar surface area (TPSA) is 64.6 Å². The zero-order chi connectivity index (χ0) is 12.1. The van der Waals surface area contributed by atoms with E-state index in [0.717, 1.165) is 0 Å². The second-order valence-electron chi connectivity index (χ2n) is 4.23. The van der Waals surface area contributed by atoms with Crippen molar-refractivity contribution in [2.75, 3.05) is 12.9 Å². The van der Waals surface area contributed by atoms with Crippen LogP contribution in [-0.2, 0) is 20.0 Å². The van der Waals surface area contributed by atoms with Gasteiger partial charge in [-0.2, -0.15) is 0 Å². The van der Waals surface area contributed by atoms with Crippen molar-refractivity contribution in [3.8, 4) is 0 Å². The summed E-state index contributed by atoms with van der Waals surface area (Å²) in [4.78, 5) is 11.2. The predicted octanol–water partition coefficient (Wildman–Crippen LogP) is 1.21. The zero-order valence-corrected chi connectivity index (χ0v) is 10.6. The van der Waals surface area contributed by atoms with Crippen molar-refractivity contribution in [3.05, 3.63) is 0 Å². The lowest BCUT2D eigenvalue weighted by Gasteiger charge is -2.21. The minimum absolute atomic E-state index is 0.197. The maximum Gasteiger partial charge on any atom is 0.407 e. The van der Waals surface area contributed by atoms with Gasteiger partial charge in [-0.15, -0.1) is 0 Å². The van der Waals surface area contributed by atoms with E-state index in [9.17, 15) is 9.00 Å². The second kappa shape index (κ2) is 6.07. The highest BCUT2D eigenvalue weighted by atomic mass is 32.2. The Morgan fingerprint density at radius 3 is 2.40 bits per heavy atom. The maximum absolute atomic E-state index is 11.2. The molecule has 0 aliphatic rings. The molecule has 0 aromatic carbocycles. The average molecular weight is 237 g/mol. The Bertz CT molecular complexity index is 237. The first-order chi connectivity index (χ1) is 6.70. The molecule has 0 aromatic rings. The van der Waals surface area contributed by atoms with E-state index in [-0.39, 0.29) is 12.6 Å². The fraction of sp³-hybridized carbons (Fsp3) is 0.889. The zero-order valence-electron chi connectivity index (χ0n) is 9.83. The SMILES string of the molecule is CC(COS(C)=O)NC(=O)OC(C)(C)C. The van der Waals surface area contributed by atoms with Crippen LogP contribution in [0.1, 0.15) is 27.7 Å². The average Bonchev–Trinajstić information content (AvgIpc) is 1.96. The molecule has 0 bridgehead atoms. The van der Waals surface area contributed by atoms with Crippen molar-refractivity contribution < 1.29 is 17.9 Å². The van der Waals surface area contributed by atoms with Gasteiger partial charge in [-0.25, -0.2) is 9.00 Å². The lowest BCUT2D eigenvalue weighted by Crippen LogP contribution is -2.39. The monoisotopic (exact) mass is 237 g/mol. The summed E-state index contributed by atoms with van der Waals surface area (Å²) < 4.78 is 20.5. The first kappa shape index (κ1) is 14.4. The van der Waals surface area contributed by atoms with Crippen LogP contribution in [0, 0.1) is 0 Å². The number of alkyl carbamates (subject to hydrolysis) is 1. The fourth-order valence-electron chi connectivity index (χ4n) is 0.748. The van der Waals surface area contributed by atoms with E-state index in [1.807, 2.05) is 0 Å². The van der Waals surface area contributed by atoms with Gasteiger partial charge in [0, 0.05) is 6.26 Å². The van der Waals surface area contributed by atoms with Crippen LogP contribution in [0.15, 0.2) is 0 Å². The van der Waals surface area contributed by atoms with Gasteiger partial charge in [0.15, 0.2) is 11.1 Å². The van der Waals surface area contributed by atoms with Crippen LogP contribution in [0.4, 0.5) is 4.79 Å². The van der Waals surface area contributed by atoms with Gasteiger partial charge in [0.2, 0.25) is 0 Å². The molecular formula is C9H19NO4S. The largest absolute Gasteiger partial charge is 0.444 e. The number of hydrogen-bond donors (Lipinski definition) is 1. The number of rotatable bonds is 4. The minimum atomic E-state index is -1.31. The van der Waals surface area contributed by atoms with Crippen molar-refractivity contribution in [2.45, 2.75) is 39.3 Å². The summed E-state index contributed by atoms with van der Waals surface area (Å²) in [5, 5.41) is 2.57. The van der Waals surface area contributed by atoms with E-state index >= 15 is 0 Å². The molecule has 0 heterocycles. The molecule has 90 valence electrons. The molecule has 15 heavy (non-hydrogen) atoms. The summed E-state index contributed by atoms with van der Waals surface area (Å²) in [5.41, 5.74) is -0.516. The summed E-state index contributed by atoms with van der Waals surface area (Å²) in [5.74, 6) is 0. The van der Waals surface area contributed by atoms with E-state index in [4.69, 9.17) is 8.92 Å². The van der Waals surface area contributed by atoms with Crippen molar-refractivity contribution in [2.24, 2.45) is 0 Å². The smallest absolute Gasteiger partial charge is 0.407 e. The highest BCUT2D eigenvalue weighted by Crippen LogP contribution is 2.06. The number of carbonyl (C=O) groups excluding carboxylic acids is 1. The van der Waals surface area contributed by atoms with Crippen LogP contribution in [0.25, 0.3) is 0 Å². The van der Waals surface area contributed by atoms with Gasteiger partial charge in [0.1, 0.15) is 5.60 Å². The molecule has 0 aromatic heterocycles. The summed E-state index contributed by atoms with van der Waals surface area (Å²) in [6.45, 7) is 7.30. The molecule has 0 aliphatic heterocycles. The maximum atomic E-state index is 11.2. The molecule has 0 fully saturated rings. The Balaban J connectivity index is 3.81. The van der Waals surface area contributed by atoms with Crippen LogP contribution in [-0.4, -0.2) is 34.8 Å². The molecular weight excluding hydrogens is 218 g/mol. The van der Waals surface area contributed by atoms with E-state index in [1.165, 1.54) is 6.26 Å². The van der Waals surface area contributed by atoms with Crippen molar-refractivity contribution >= 4 is 17.2 Å².